The first-order valence-electron chi connectivity index (χ1n) is 3.74. The van der Waals surface area contributed by atoms with E-state index in [9.17, 15) is 4.79 Å². The molecule has 0 unspecified atom stereocenters. The van der Waals surface area contributed by atoms with Crippen molar-refractivity contribution in [1.82, 2.24) is 4.98 Å². The van der Waals surface area contributed by atoms with Gasteiger partial charge in [0.2, 0.25) is 0 Å². The minimum absolute atomic E-state index is 0.0192. The second-order valence-electron chi connectivity index (χ2n) is 2.68. The van der Waals surface area contributed by atoms with Crippen molar-refractivity contribution in [3.8, 4) is 0 Å². The number of aromatic nitrogens is 1. The number of Topliss-reactive ketones (excluding diaryl/α,β-unsaturated/α-hetero) is 1. The maximum atomic E-state index is 11.2. The molecule has 0 fully saturated rings. The third-order valence-corrected chi connectivity index (χ3v) is 2.11. The lowest BCUT2D eigenvalue weighted by molar-refractivity contribution is 0.101. The maximum Gasteiger partial charge on any atom is 0.265 e. The van der Waals surface area contributed by atoms with E-state index in [1.807, 2.05) is 0 Å². The van der Waals surface area contributed by atoms with Crippen LogP contribution in [-0.2, 0) is 0 Å². The van der Waals surface area contributed by atoms with Crippen LogP contribution >= 0.6 is 15.9 Å². The van der Waals surface area contributed by atoms with Gasteiger partial charge in [-0.2, -0.15) is 0 Å². The molecule has 66 valence electrons. The van der Waals surface area contributed by atoms with Gasteiger partial charge in [0.15, 0.2) is 11.4 Å². The fourth-order valence-electron chi connectivity index (χ4n) is 1.20. The number of carbonyl (C=O) groups is 1. The van der Waals surface area contributed by atoms with Crippen LogP contribution in [0.1, 0.15) is 17.3 Å². The lowest BCUT2D eigenvalue weighted by Gasteiger charge is -1.93. The van der Waals surface area contributed by atoms with Crippen LogP contribution in [0.25, 0.3) is 11.1 Å². The minimum Gasteiger partial charge on any atom is -0.430 e. The first-order valence-corrected chi connectivity index (χ1v) is 4.54. The van der Waals surface area contributed by atoms with Crippen LogP contribution in [0.5, 0.6) is 0 Å². The number of rotatable bonds is 1. The number of carbonyl (C=O) groups excluding carboxylic acids is 1. The summed E-state index contributed by atoms with van der Waals surface area (Å²) < 4.78 is 5.25. The summed E-state index contributed by atoms with van der Waals surface area (Å²) in [7, 11) is 0. The van der Waals surface area contributed by atoms with E-state index in [2.05, 4.69) is 20.9 Å². The minimum atomic E-state index is -0.0192. The SMILES string of the molecule is CC(=O)c1cccc2nc(Br)oc12. The van der Waals surface area contributed by atoms with Crippen molar-refractivity contribution >= 4 is 32.8 Å². The van der Waals surface area contributed by atoms with Crippen molar-refractivity contribution in [1.29, 1.82) is 0 Å². The Kier molecular flexibility index (Phi) is 1.92. The van der Waals surface area contributed by atoms with Gasteiger partial charge in [-0.15, -0.1) is 0 Å². The molecule has 4 heteroatoms. The van der Waals surface area contributed by atoms with Crippen molar-refractivity contribution < 1.29 is 9.21 Å². The summed E-state index contributed by atoms with van der Waals surface area (Å²) in [5.74, 6) is -0.0192. The Morgan fingerprint density at radius 3 is 3.00 bits per heavy atom. The van der Waals surface area contributed by atoms with Crippen LogP contribution in [0.15, 0.2) is 27.4 Å². The molecular formula is C9H6BrNO2. The van der Waals surface area contributed by atoms with E-state index in [0.29, 0.717) is 21.5 Å². The van der Waals surface area contributed by atoms with E-state index in [-0.39, 0.29) is 5.78 Å². The summed E-state index contributed by atoms with van der Waals surface area (Å²) in [5.41, 5.74) is 1.80. The van der Waals surface area contributed by atoms with E-state index in [4.69, 9.17) is 4.42 Å². The number of oxazole rings is 1. The third kappa shape index (κ3) is 1.37. The highest BCUT2D eigenvalue weighted by Crippen LogP contribution is 2.22. The molecule has 0 aliphatic heterocycles. The molecule has 0 bridgehead atoms. The number of fused-ring (bicyclic) bond motifs is 1. The molecule has 1 aromatic carbocycles. The number of nitrogens with zero attached hydrogens (tertiary/aromatic N) is 1. The van der Waals surface area contributed by atoms with E-state index in [1.54, 1.807) is 18.2 Å². The topological polar surface area (TPSA) is 43.1 Å². The van der Waals surface area contributed by atoms with Gasteiger partial charge in [0.05, 0.1) is 5.56 Å². The largest absolute Gasteiger partial charge is 0.430 e. The number of ketones is 1. The maximum absolute atomic E-state index is 11.2. The fourth-order valence-corrected chi connectivity index (χ4v) is 1.55. The molecule has 0 aliphatic carbocycles. The molecule has 13 heavy (non-hydrogen) atoms. The number of hydrogen-bond acceptors (Lipinski definition) is 3. The van der Waals surface area contributed by atoms with Gasteiger partial charge >= 0.3 is 0 Å². The number of hydrogen-bond donors (Lipinski definition) is 0. The van der Waals surface area contributed by atoms with Gasteiger partial charge in [-0.25, -0.2) is 4.98 Å². The van der Waals surface area contributed by atoms with Crippen molar-refractivity contribution in [2.45, 2.75) is 6.92 Å². The van der Waals surface area contributed by atoms with Crippen molar-refractivity contribution in [3.05, 3.63) is 28.6 Å². The monoisotopic (exact) mass is 239 g/mol. The number of para-hydroxylation sites is 1. The summed E-state index contributed by atoms with van der Waals surface area (Å²) >= 11 is 3.12. The molecule has 0 spiro atoms. The lowest BCUT2D eigenvalue weighted by Crippen LogP contribution is -1.91. The van der Waals surface area contributed by atoms with Gasteiger partial charge in [0.1, 0.15) is 5.52 Å². The number of halogens is 1. The Balaban J connectivity index is 2.82. The molecule has 0 aliphatic rings. The summed E-state index contributed by atoms with van der Waals surface area (Å²) in [5, 5.41) is 0. The average Bonchev–Trinajstić information content (AvgIpc) is 2.43. The predicted octanol–water partition coefficient (Wildman–Crippen LogP) is 2.79. The summed E-state index contributed by atoms with van der Waals surface area (Å²) in [6.45, 7) is 1.51. The summed E-state index contributed by atoms with van der Waals surface area (Å²) in [4.78, 5) is 15.6. The molecule has 1 aromatic heterocycles. The second-order valence-corrected chi connectivity index (χ2v) is 3.36. The van der Waals surface area contributed by atoms with E-state index >= 15 is 0 Å². The second kappa shape index (κ2) is 2.96. The molecule has 3 nitrogen and oxygen atoms in total. The molecule has 0 atom stereocenters. The van der Waals surface area contributed by atoms with Gasteiger partial charge in [-0.3, -0.25) is 4.79 Å². The van der Waals surface area contributed by atoms with Crippen LogP contribution in [0.4, 0.5) is 0 Å². The van der Waals surface area contributed by atoms with Crippen LogP contribution in [0.3, 0.4) is 0 Å². The molecule has 2 rings (SSSR count). The zero-order valence-corrected chi connectivity index (χ0v) is 8.46. The molecule has 0 saturated carbocycles. The molecule has 1 heterocycles. The Morgan fingerprint density at radius 1 is 1.54 bits per heavy atom. The van der Waals surface area contributed by atoms with E-state index in [0.717, 1.165) is 0 Å². The van der Waals surface area contributed by atoms with Crippen molar-refractivity contribution in [2.75, 3.05) is 0 Å². The van der Waals surface area contributed by atoms with Gasteiger partial charge in [-0.05, 0) is 19.1 Å². The lowest BCUT2D eigenvalue weighted by atomic mass is 10.1. The zero-order valence-electron chi connectivity index (χ0n) is 6.87. The zero-order chi connectivity index (χ0) is 9.42. The molecule has 0 amide bonds. The van der Waals surface area contributed by atoms with Gasteiger partial charge < -0.3 is 4.42 Å². The highest BCUT2D eigenvalue weighted by atomic mass is 79.9. The van der Waals surface area contributed by atoms with Gasteiger partial charge in [0, 0.05) is 15.9 Å². The highest BCUT2D eigenvalue weighted by molar-refractivity contribution is 9.10. The Bertz CT molecular complexity index is 475. The standard InChI is InChI=1S/C9H6BrNO2/c1-5(12)6-3-2-4-7-8(6)13-9(10)11-7/h2-4H,1H3. The Hall–Kier alpha value is -1.16. The Morgan fingerprint density at radius 2 is 2.31 bits per heavy atom. The van der Waals surface area contributed by atoms with Crippen LogP contribution < -0.4 is 0 Å². The van der Waals surface area contributed by atoms with Crippen molar-refractivity contribution in [3.63, 3.8) is 0 Å². The van der Waals surface area contributed by atoms with E-state index in [1.165, 1.54) is 6.92 Å². The number of benzene rings is 1. The molecule has 0 N–H and O–H groups in total. The molecule has 2 aromatic rings. The molecule has 0 radical (unpaired) electrons. The third-order valence-electron chi connectivity index (χ3n) is 1.77. The predicted molar refractivity (Wildman–Crippen MR) is 51.7 cm³/mol. The van der Waals surface area contributed by atoms with Crippen LogP contribution in [0, 0.1) is 0 Å². The quantitative estimate of drug-likeness (QED) is 0.719. The molecule has 0 saturated heterocycles. The van der Waals surface area contributed by atoms with Gasteiger partial charge in [-0.1, -0.05) is 6.07 Å². The highest BCUT2D eigenvalue weighted by Gasteiger charge is 2.10. The van der Waals surface area contributed by atoms with Crippen LogP contribution in [-0.4, -0.2) is 10.8 Å². The van der Waals surface area contributed by atoms with Crippen LogP contribution in [0.2, 0.25) is 0 Å². The van der Waals surface area contributed by atoms with Crippen molar-refractivity contribution in [2.24, 2.45) is 0 Å². The van der Waals surface area contributed by atoms with Gasteiger partial charge in [0.25, 0.3) is 4.80 Å². The van der Waals surface area contributed by atoms with E-state index < -0.39 is 0 Å². The molecular weight excluding hydrogens is 234 g/mol. The fraction of sp³-hybridized carbons (Fsp3) is 0.111. The summed E-state index contributed by atoms with van der Waals surface area (Å²) in [6, 6.07) is 5.31. The normalized spacial score (nSPS) is 10.6. The first kappa shape index (κ1) is 8.44. The summed E-state index contributed by atoms with van der Waals surface area (Å²) in [6.07, 6.45) is 0. The Labute approximate surface area is 82.9 Å². The smallest absolute Gasteiger partial charge is 0.265 e. The first-order chi connectivity index (χ1) is 6.18. The average molecular weight is 240 g/mol.